The fraction of sp³-hybridized carbons (Fsp3) is 0.500. The molecule has 1 aliphatic rings. The molecule has 1 saturated heterocycles. The molecule has 0 aliphatic carbocycles. The molecule has 0 bridgehead atoms. The molecule has 1 fully saturated rings. The summed E-state index contributed by atoms with van der Waals surface area (Å²) in [5.41, 5.74) is 1.69. The highest BCUT2D eigenvalue weighted by Gasteiger charge is 2.25. The predicted octanol–water partition coefficient (Wildman–Crippen LogP) is 3.69. The van der Waals surface area contributed by atoms with Crippen molar-refractivity contribution in [2.24, 2.45) is 11.8 Å². The minimum absolute atomic E-state index is 0.551. The SMILES string of the molecule is CC(C)C1CCN(c2ccc(C#N)c(Cl)c2)C1. The lowest BCUT2D eigenvalue weighted by Crippen LogP contribution is -2.21. The van der Waals surface area contributed by atoms with E-state index in [1.165, 1.54) is 6.42 Å². The summed E-state index contributed by atoms with van der Waals surface area (Å²) >= 11 is 6.06. The topological polar surface area (TPSA) is 27.0 Å². The number of hydrogen-bond donors (Lipinski definition) is 0. The average Bonchev–Trinajstić information content (AvgIpc) is 2.78. The molecule has 0 aromatic heterocycles. The summed E-state index contributed by atoms with van der Waals surface area (Å²) in [5.74, 6) is 1.50. The minimum Gasteiger partial charge on any atom is -0.371 e. The van der Waals surface area contributed by atoms with Crippen LogP contribution in [0, 0.1) is 23.2 Å². The minimum atomic E-state index is 0.551. The Labute approximate surface area is 108 Å². The third kappa shape index (κ3) is 2.56. The molecule has 17 heavy (non-hydrogen) atoms. The largest absolute Gasteiger partial charge is 0.371 e. The molecule has 0 spiro atoms. The Morgan fingerprint density at radius 1 is 1.47 bits per heavy atom. The van der Waals surface area contributed by atoms with Crippen LogP contribution in [0.5, 0.6) is 0 Å². The third-order valence-corrected chi connectivity index (χ3v) is 3.92. The molecule has 0 saturated carbocycles. The number of halogens is 1. The van der Waals surface area contributed by atoms with Gasteiger partial charge in [-0.15, -0.1) is 0 Å². The molecule has 0 N–H and O–H groups in total. The molecule has 1 unspecified atom stereocenters. The molecule has 90 valence electrons. The van der Waals surface area contributed by atoms with Crippen molar-refractivity contribution >= 4 is 17.3 Å². The second kappa shape index (κ2) is 4.98. The van der Waals surface area contributed by atoms with E-state index in [9.17, 15) is 0 Å². The Balaban J connectivity index is 2.15. The Hall–Kier alpha value is -1.20. The van der Waals surface area contributed by atoms with Gasteiger partial charge in [0.1, 0.15) is 6.07 Å². The lowest BCUT2D eigenvalue weighted by Gasteiger charge is -2.20. The van der Waals surface area contributed by atoms with Gasteiger partial charge in [-0.3, -0.25) is 0 Å². The van der Waals surface area contributed by atoms with Gasteiger partial charge in [-0.25, -0.2) is 0 Å². The first-order valence-corrected chi connectivity index (χ1v) is 6.44. The molecule has 2 nitrogen and oxygen atoms in total. The van der Waals surface area contributed by atoms with Gasteiger partial charge in [0.15, 0.2) is 0 Å². The zero-order valence-corrected chi connectivity index (χ0v) is 11.0. The number of rotatable bonds is 2. The second-order valence-electron chi connectivity index (χ2n) is 5.01. The van der Waals surface area contributed by atoms with Crippen molar-refractivity contribution in [3.05, 3.63) is 28.8 Å². The zero-order chi connectivity index (χ0) is 12.4. The van der Waals surface area contributed by atoms with Gasteiger partial charge >= 0.3 is 0 Å². The number of nitriles is 1. The summed E-state index contributed by atoms with van der Waals surface area (Å²) in [6, 6.07) is 7.79. The number of nitrogens with zero attached hydrogens (tertiary/aromatic N) is 2. The first-order valence-electron chi connectivity index (χ1n) is 6.06. The maximum Gasteiger partial charge on any atom is 0.101 e. The monoisotopic (exact) mass is 248 g/mol. The van der Waals surface area contributed by atoms with Gasteiger partial charge in [0, 0.05) is 18.8 Å². The Bertz CT molecular complexity index is 448. The van der Waals surface area contributed by atoms with Crippen molar-refractivity contribution in [2.75, 3.05) is 18.0 Å². The molecule has 2 rings (SSSR count). The summed E-state index contributed by atoms with van der Waals surface area (Å²) in [6.45, 7) is 6.74. The summed E-state index contributed by atoms with van der Waals surface area (Å²) in [7, 11) is 0. The van der Waals surface area contributed by atoms with E-state index in [0.29, 0.717) is 10.6 Å². The fourth-order valence-corrected chi connectivity index (χ4v) is 2.57. The standard InChI is InChI=1S/C14H17ClN2/c1-10(2)12-5-6-17(9-12)13-4-3-11(8-16)14(15)7-13/h3-4,7,10,12H,5-6,9H2,1-2H3. The van der Waals surface area contributed by atoms with E-state index in [2.05, 4.69) is 24.8 Å². The van der Waals surface area contributed by atoms with Crippen molar-refractivity contribution in [1.82, 2.24) is 0 Å². The third-order valence-electron chi connectivity index (χ3n) is 3.61. The van der Waals surface area contributed by atoms with E-state index in [0.717, 1.165) is 30.6 Å². The smallest absolute Gasteiger partial charge is 0.101 e. The Kier molecular flexibility index (Phi) is 3.59. The van der Waals surface area contributed by atoms with Crippen LogP contribution in [-0.2, 0) is 0 Å². The van der Waals surface area contributed by atoms with Crippen molar-refractivity contribution in [1.29, 1.82) is 5.26 Å². The average molecular weight is 249 g/mol. The molecule has 1 atom stereocenters. The predicted molar refractivity (Wildman–Crippen MR) is 71.3 cm³/mol. The highest BCUT2D eigenvalue weighted by molar-refractivity contribution is 6.32. The lowest BCUT2D eigenvalue weighted by molar-refractivity contribution is 0.423. The van der Waals surface area contributed by atoms with Gasteiger partial charge in [0.05, 0.1) is 10.6 Å². The first kappa shape index (κ1) is 12.3. The molecule has 1 aromatic carbocycles. The quantitative estimate of drug-likeness (QED) is 0.798. The van der Waals surface area contributed by atoms with Gasteiger partial charge in [0.2, 0.25) is 0 Å². The van der Waals surface area contributed by atoms with Crippen LogP contribution in [0.1, 0.15) is 25.8 Å². The molecule has 0 amide bonds. The van der Waals surface area contributed by atoms with Crippen LogP contribution in [0.25, 0.3) is 0 Å². The van der Waals surface area contributed by atoms with E-state index < -0.39 is 0 Å². The number of hydrogen-bond acceptors (Lipinski definition) is 2. The van der Waals surface area contributed by atoms with Crippen molar-refractivity contribution in [3.8, 4) is 6.07 Å². The van der Waals surface area contributed by atoms with Crippen LogP contribution in [0.4, 0.5) is 5.69 Å². The summed E-state index contributed by atoms with van der Waals surface area (Å²) in [4.78, 5) is 2.36. The second-order valence-corrected chi connectivity index (χ2v) is 5.42. The molecular formula is C14H17ClN2. The van der Waals surface area contributed by atoms with E-state index in [4.69, 9.17) is 16.9 Å². The lowest BCUT2D eigenvalue weighted by atomic mass is 9.95. The molecule has 1 aliphatic heterocycles. The van der Waals surface area contributed by atoms with Crippen molar-refractivity contribution in [3.63, 3.8) is 0 Å². The van der Waals surface area contributed by atoms with Crippen LogP contribution in [0.3, 0.4) is 0 Å². The maximum absolute atomic E-state index is 8.84. The Morgan fingerprint density at radius 3 is 2.76 bits per heavy atom. The van der Waals surface area contributed by atoms with Gasteiger partial charge in [-0.2, -0.15) is 5.26 Å². The van der Waals surface area contributed by atoms with Crippen LogP contribution < -0.4 is 4.90 Å². The normalized spacial score (nSPS) is 19.7. The van der Waals surface area contributed by atoms with E-state index in [1.54, 1.807) is 6.07 Å². The van der Waals surface area contributed by atoms with Crippen LogP contribution in [0.15, 0.2) is 18.2 Å². The molecule has 1 aromatic rings. The molecule has 0 radical (unpaired) electrons. The molecule has 1 heterocycles. The highest BCUT2D eigenvalue weighted by Crippen LogP contribution is 2.30. The van der Waals surface area contributed by atoms with Crippen LogP contribution in [-0.4, -0.2) is 13.1 Å². The fourth-order valence-electron chi connectivity index (χ4n) is 2.36. The van der Waals surface area contributed by atoms with Gasteiger partial charge in [-0.1, -0.05) is 25.4 Å². The van der Waals surface area contributed by atoms with Crippen molar-refractivity contribution < 1.29 is 0 Å². The van der Waals surface area contributed by atoms with E-state index in [1.807, 2.05) is 12.1 Å². The number of benzene rings is 1. The number of anilines is 1. The van der Waals surface area contributed by atoms with Gasteiger partial charge in [-0.05, 0) is 36.5 Å². The highest BCUT2D eigenvalue weighted by atomic mass is 35.5. The molecular weight excluding hydrogens is 232 g/mol. The van der Waals surface area contributed by atoms with Crippen LogP contribution >= 0.6 is 11.6 Å². The Morgan fingerprint density at radius 2 is 2.24 bits per heavy atom. The molecule has 3 heteroatoms. The van der Waals surface area contributed by atoms with Gasteiger partial charge < -0.3 is 4.90 Å². The van der Waals surface area contributed by atoms with Crippen molar-refractivity contribution in [2.45, 2.75) is 20.3 Å². The maximum atomic E-state index is 8.84. The van der Waals surface area contributed by atoms with Crippen LogP contribution in [0.2, 0.25) is 5.02 Å². The van der Waals surface area contributed by atoms with E-state index >= 15 is 0 Å². The first-order chi connectivity index (χ1) is 8.11. The van der Waals surface area contributed by atoms with Gasteiger partial charge in [0.25, 0.3) is 0 Å². The zero-order valence-electron chi connectivity index (χ0n) is 10.3. The summed E-state index contributed by atoms with van der Waals surface area (Å²) in [6.07, 6.45) is 1.25. The summed E-state index contributed by atoms with van der Waals surface area (Å²) < 4.78 is 0. The van der Waals surface area contributed by atoms with E-state index in [-0.39, 0.29) is 0 Å². The summed E-state index contributed by atoms with van der Waals surface area (Å²) in [5, 5.41) is 9.40.